The minimum absolute atomic E-state index is 0.0307. The molecule has 7 nitrogen and oxygen atoms in total. The van der Waals surface area contributed by atoms with Crippen LogP contribution in [0, 0.1) is 0 Å². The highest BCUT2D eigenvalue weighted by Crippen LogP contribution is 2.16. The van der Waals surface area contributed by atoms with Gasteiger partial charge in [-0.3, -0.25) is 4.79 Å². The number of fused-ring (bicyclic) bond motifs is 1. The summed E-state index contributed by atoms with van der Waals surface area (Å²) in [6.45, 7) is 5.33. The standard InChI is InChI=1S/C17H24N4O3S/c1-3-16-18-14-6-5-13(11-15(14)19-16)12-17(22)20-7-9-21(10-8-20)25(23,24)4-2/h5-6,11H,3-4,7-10,12H2,1-2H3,(H,18,19). The van der Waals surface area contributed by atoms with Gasteiger partial charge in [-0.25, -0.2) is 13.4 Å². The zero-order valence-electron chi connectivity index (χ0n) is 14.7. The largest absolute Gasteiger partial charge is 0.342 e. The number of nitrogens with one attached hydrogen (secondary N) is 1. The molecule has 0 unspecified atom stereocenters. The first-order chi connectivity index (χ1) is 11.9. The molecule has 0 aliphatic carbocycles. The van der Waals surface area contributed by atoms with Crippen LogP contribution in [0.25, 0.3) is 11.0 Å². The van der Waals surface area contributed by atoms with E-state index in [-0.39, 0.29) is 11.7 Å². The van der Waals surface area contributed by atoms with Crippen molar-refractivity contribution in [1.29, 1.82) is 0 Å². The van der Waals surface area contributed by atoms with Crippen LogP contribution in [0.4, 0.5) is 0 Å². The molecular weight excluding hydrogens is 340 g/mol. The predicted molar refractivity (Wildman–Crippen MR) is 96.8 cm³/mol. The number of hydrogen-bond acceptors (Lipinski definition) is 4. The molecule has 1 amide bonds. The Labute approximate surface area is 148 Å². The van der Waals surface area contributed by atoms with E-state index in [4.69, 9.17) is 0 Å². The third kappa shape index (κ3) is 3.85. The van der Waals surface area contributed by atoms with Gasteiger partial charge in [-0.2, -0.15) is 4.31 Å². The van der Waals surface area contributed by atoms with Crippen LogP contribution in [-0.4, -0.2) is 65.4 Å². The Balaban J connectivity index is 1.63. The molecule has 2 heterocycles. The van der Waals surface area contributed by atoms with Gasteiger partial charge < -0.3 is 9.88 Å². The van der Waals surface area contributed by atoms with Crippen molar-refractivity contribution in [3.8, 4) is 0 Å². The molecule has 0 bridgehead atoms. The van der Waals surface area contributed by atoms with Gasteiger partial charge >= 0.3 is 0 Å². The van der Waals surface area contributed by atoms with E-state index in [2.05, 4.69) is 9.97 Å². The number of imidazole rings is 1. The van der Waals surface area contributed by atoms with Crippen molar-refractivity contribution in [2.45, 2.75) is 26.7 Å². The summed E-state index contributed by atoms with van der Waals surface area (Å²) < 4.78 is 25.2. The van der Waals surface area contributed by atoms with Crippen LogP contribution in [0.5, 0.6) is 0 Å². The number of aryl methyl sites for hydroxylation is 1. The summed E-state index contributed by atoms with van der Waals surface area (Å²) in [6, 6.07) is 5.83. The summed E-state index contributed by atoms with van der Waals surface area (Å²) in [4.78, 5) is 22.0. The minimum Gasteiger partial charge on any atom is -0.342 e. The number of aromatic nitrogens is 2. The van der Waals surface area contributed by atoms with Gasteiger partial charge in [0.25, 0.3) is 0 Å². The van der Waals surface area contributed by atoms with Crippen molar-refractivity contribution in [2.75, 3.05) is 31.9 Å². The van der Waals surface area contributed by atoms with Crippen molar-refractivity contribution in [2.24, 2.45) is 0 Å². The maximum atomic E-state index is 12.5. The number of sulfonamides is 1. The van der Waals surface area contributed by atoms with Crippen LogP contribution in [-0.2, 0) is 27.7 Å². The Morgan fingerprint density at radius 2 is 1.92 bits per heavy atom. The normalized spacial score (nSPS) is 16.5. The molecule has 0 saturated carbocycles. The van der Waals surface area contributed by atoms with Crippen molar-refractivity contribution in [3.05, 3.63) is 29.6 Å². The van der Waals surface area contributed by atoms with Gasteiger partial charge in [0.2, 0.25) is 15.9 Å². The van der Waals surface area contributed by atoms with Crippen molar-refractivity contribution in [3.63, 3.8) is 0 Å². The van der Waals surface area contributed by atoms with Crippen LogP contribution < -0.4 is 0 Å². The number of rotatable bonds is 5. The lowest BCUT2D eigenvalue weighted by atomic mass is 10.1. The number of piperazine rings is 1. The molecule has 136 valence electrons. The molecule has 1 N–H and O–H groups in total. The number of carbonyl (C=O) groups is 1. The fourth-order valence-corrected chi connectivity index (χ4v) is 4.16. The lowest BCUT2D eigenvalue weighted by Gasteiger charge is -2.33. The molecule has 8 heteroatoms. The fraction of sp³-hybridized carbons (Fsp3) is 0.529. The Kier molecular flexibility index (Phi) is 5.10. The number of nitrogens with zero attached hydrogens (tertiary/aromatic N) is 3. The van der Waals surface area contributed by atoms with E-state index < -0.39 is 10.0 Å². The summed E-state index contributed by atoms with van der Waals surface area (Å²) in [5.74, 6) is 1.07. The first kappa shape index (κ1) is 17.9. The van der Waals surface area contributed by atoms with E-state index in [1.807, 2.05) is 25.1 Å². The van der Waals surface area contributed by atoms with E-state index in [0.717, 1.165) is 28.8 Å². The molecule has 2 aromatic rings. The van der Waals surface area contributed by atoms with E-state index >= 15 is 0 Å². The topological polar surface area (TPSA) is 86.4 Å². The van der Waals surface area contributed by atoms with Gasteiger partial charge in [-0.15, -0.1) is 0 Å². The van der Waals surface area contributed by atoms with Crippen molar-refractivity contribution >= 4 is 27.0 Å². The smallest absolute Gasteiger partial charge is 0.227 e. The summed E-state index contributed by atoms with van der Waals surface area (Å²) in [5.41, 5.74) is 2.79. The zero-order valence-corrected chi connectivity index (χ0v) is 15.5. The predicted octanol–water partition coefficient (Wildman–Crippen LogP) is 1.16. The number of amides is 1. The molecule has 1 saturated heterocycles. The fourth-order valence-electron chi connectivity index (χ4n) is 3.07. The first-order valence-electron chi connectivity index (χ1n) is 8.66. The Bertz CT molecular complexity index is 867. The van der Waals surface area contributed by atoms with E-state index in [1.165, 1.54) is 4.31 Å². The molecule has 25 heavy (non-hydrogen) atoms. The van der Waals surface area contributed by atoms with Crippen LogP contribution in [0.15, 0.2) is 18.2 Å². The molecule has 1 fully saturated rings. The Hall–Kier alpha value is -1.93. The molecular formula is C17H24N4O3S. The number of H-pyrrole nitrogens is 1. The number of carbonyl (C=O) groups excluding carboxylic acids is 1. The molecule has 3 rings (SSSR count). The highest BCUT2D eigenvalue weighted by Gasteiger charge is 2.27. The van der Waals surface area contributed by atoms with Crippen molar-refractivity contribution < 1.29 is 13.2 Å². The van der Waals surface area contributed by atoms with Gasteiger partial charge in [0.05, 0.1) is 23.2 Å². The van der Waals surface area contributed by atoms with E-state index in [0.29, 0.717) is 32.6 Å². The average Bonchev–Trinajstić information content (AvgIpc) is 3.04. The highest BCUT2D eigenvalue weighted by atomic mass is 32.2. The van der Waals surface area contributed by atoms with E-state index in [1.54, 1.807) is 11.8 Å². The third-order valence-electron chi connectivity index (χ3n) is 4.64. The lowest BCUT2D eigenvalue weighted by Crippen LogP contribution is -2.51. The SMILES string of the molecule is CCc1nc2ccc(CC(=O)N3CCN(S(=O)(=O)CC)CC3)cc2[nH]1. The number of hydrogen-bond donors (Lipinski definition) is 1. The minimum atomic E-state index is -3.17. The second kappa shape index (κ2) is 7.13. The summed E-state index contributed by atoms with van der Waals surface area (Å²) in [7, 11) is -3.17. The average molecular weight is 364 g/mol. The zero-order chi connectivity index (χ0) is 18.0. The molecule has 1 aromatic carbocycles. The van der Waals surface area contributed by atoms with Gasteiger partial charge in [0.1, 0.15) is 5.82 Å². The summed E-state index contributed by atoms with van der Waals surface area (Å²) in [6.07, 6.45) is 1.16. The Morgan fingerprint density at radius 1 is 1.20 bits per heavy atom. The second-order valence-electron chi connectivity index (χ2n) is 6.25. The quantitative estimate of drug-likeness (QED) is 0.863. The molecule has 0 atom stereocenters. The molecule has 0 spiro atoms. The maximum absolute atomic E-state index is 12.5. The third-order valence-corrected chi connectivity index (χ3v) is 6.52. The molecule has 1 aliphatic rings. The van der Waals surface area contributed by atoms with Crippen LogP contribution in [0.1, 0.15) is 25.2 Å². The van der Waals surface area contributed by atoms with Gasteiger partial charge in [-0.05, 0) is 24.6 Å². The maximum Gasteiger partial charge on any atom is 0.227 e. The summed E-state index contributed by atoms with van der Waals surface area (Å²) in [5, 5.41) is 0. The van der Waals surface area contributed by atoms with Gasteiger partial charge in [0, 0.05) is 32.6 Å². The second-order valence-corrected chi connectivity index (χ2v) is 8.50. The number of aromatic amines is 1. The van der Waals surface area contributed by atoms with Gasteiger partial charge in [-0.1, -0.05) is 13.0 Å². The van der Waals surface area contributed by atoms with Crippen molar-refractivity contribution in [1.82, 2.24) is 19.2 Å². The monoisotopic (exact) mass is 364 g/mol. The van der Waals surface area contributed by atoms with Crippen LogP contribution in [0.3, 0.4) is 0 Å². The first-order valence-corrected chi connectivity index (χ1v) is 10.3. The molecule has 1 aliphatic heterocycles. The van der Waals surface area contributed by atoms with Crippen LogP contribution >= 0.6 is 0 Å². The Morgan fingerprint density at radius 3 is 2.56 bits per heavy atom. The molecule has 0 radical (unpaired) electrons. The highest BCUT2D eigenvalue weighted by molar-refractivity contribution is 7.89. The summed E-state index contributed by atoms with van der Waals surface area (Å²) >= 11 is 0. The van der Waals surface area contributed by atoms with Gasteiger partial charge in [0.15, 0.2) is 0 Å². The lowest BCUT2D eigenvalue weighted by molar-refractivity contribution is -0.131. The van der Waals surface area contributed by atoms with Crippen LogP contribution in [0.2, 0.25) is 0 Å². The number of benzene rings is 1. The molecule has 1 aromatic heterocycles. The van der Waals surface area contributed by atoms with E-state index in [9.17, 15) is 13.2 Å².